The number of nitrogens with one attached hydrogen (secondary N) is 2. The van der Waals surface area contributed by atoms with Crippen molar-refractivity contribution in [3.05, 3.63) is 51.3 Å². The molecule has 124 valence electrons. The molecule has 1 aliphatic carbocycles. The number of halogens is 1. The molecule has 2 heterocycles. The minimum atomic E-state index is -1.04. The van der Waals surface area contributed by atoms with E-state index in [1.54, 1.807) is 11.4 Å². The summed E-state index contributed by atoms with van der Waals surface area (Å²) < 4.78 is 13.3. The Labute approximate surface area is 143 Å². The first-order valence-corrected chi connectivity index (χ1v) is 8.97. The van der Waals surface area contributed by atoms with Crippen molar-refractivity contribution < 1.29 is 9.18 Å². The molecule has 1 aliphatic rings. The molecule has 0 radical (unpaired) electrons. The van der Waals surface area contributed by atoms with Crippen LogP contribution in [0.5, 0.6) is 0 Å². The van der Waals surface area contributed by atoms with Crippen LogP contribution >= 0.6 is 11.3 Å². The first kappa shape index (κ1) is 15.3. The lowest BCUT2D eigenvalue weighted by Crippen LogP contribution is -2.23. The van der Waals surface area contributed by atoms with Crippen LogP contribution < -0.4 is 5.32 Å². The number of aromatic amines is 1. The molecule has 1 unspecified atom stereocenters. The van der Waals surface area contributed by atoms with E-state index < -0.39 is 6.17 Å². The van der Waals surface area contributed by atoms with Gasteiger partial charge in [-0.15, -0.1) is 11.3 Å². The van der Waals surface area contributed by atoms with E-state index in [4.69, 9.17) is 0 Å². The second-order valence-electron chi connectivity index (χ2n) is 6.28. The molecule has 24 heavy (non-hydrogen) atoms. The standard InChI is InChI=1S/C18H18FN3OS/c1-10(19)17-6-12(9-24-17)18(23)20-7-14-13(11-2-3-11)4-5-16-15(14)8-21-22-16/h4-6,8-11H,2-3,7H2,1H3,(H,20,23)(H,21,22). The molecular weight excluding hydrogens is 325 g/mol. The molecule has 0 spiro atoms. The van der Waals surface area contributed by atoms with E-state index in [0.29, 0.717) is 22.9 Å². The van der Waals surface area contributed by atoms with Crippen LogP contribution in [-0.2, 0) is 6.54 Å². The summed E-state index contributed by atoms with van der Waals surface area (Å²) in [6.07, 6.45) is 3.17. The van der Waals surface area contributed by atoms with Crippen LogP contribution in [0.3, 0.4) is 0 Å². The highest BCUT2D eigenvalue weighted by molar-refractivity contribution is 7.10. The third kappa shape index (κ3) is 2.82. The lowest BCUT2D eigenvalue weighted by atomic mass is 9.99. The van der Waals surface area contributed by atoms with Gasteiger partial charge in [-0.3, -0.25) is 9.89 Å². The topological polar surface area (TPSA) is 57.8 Å². The van der Waals surface area contributed by atoms with Crippen LogP contribution in [0.15, 0.2) is 29.8 Å². The molecule has 2 aromatic heterocycles. The minimum Gasteiger partial charge on any atom is -0.348 e. The molecule has 6 heteroatoms. The average molecular weight is 343 g/mol. The predicted molar refractivity (Wildman–Crippen MR) is 93.1 cm³/mol. The van der Waals surface area contributed by atoms with Gasteiger partial charge in [0.25, 0.3) is 5.91 Å². The summed E-state index contributed by atoms with van der Waals surface area (Å²) in [6.45, 7) is 1.94. The van der Waals surface area contributed by atoms with Crippen molar-refractivity contribution in [2.45, 2.75) is 38.4 Å². The molecule has 3 aromatic rings. The van der Waals surface area contributed by atoms with E-state index in [0.717, 1.165) is 16.5 Å². The number of aromatic nitrogens is 2. The Kier molecular flexibility index (Phi) is 3.84. The van der Waals surface area contributed by atoms with Gasteiger partial charge in [0.05, 0.1) is 17.3 Å². The maximum absolute atomic E-state index is 13.3. The molecule has 1 aromatic carbocycles. The van der Waals surface area contributed by atoms with Crippen molar-refractivity contribution in [3.8, 4) is 0 Å². The van der Waals surface area contributed by atoms with Crippen LogP contribution in [0.4, 0.5) is 4.39 Å². The summed E-state index contributed by atoms with van der Waals surface area (Å²) in [6, 6.07) is 5.81. The van der Waals surface area contributed by atoms with Crippen LogP contribution in [-0.4, -0.2) is 16.1 Å². The van der Waals surface area contributed by atoms with Gasteiger partial charge in [0.1, 0.15) is 6.17 Å². The molecule has 0 saturated heterocycles. The zero-order chi connectivity index (χ0) is 16.7. The predicted octanol–water partition coefficient (Wildman–Crippen LogP) is 4.46. The van der Waals surface area contributed by atoms with E-state index in [1.807, 2.05) is 6.20 Å². The van der Waals surface area contributed by atoms with Gasteiger partial charge >= 0.3 is 0 Å². The molecule has 1 fully saturated rings. The first-order chi connectivity index (χ1) is 11.6. The van der Waals surface area contributed by atoms with Crippen LogP contribution in [0, 0.1) is 0 Å². The number of fused-ring (bicyclic) bond motifs is 1. The maximum atomic E-state index is 13.3. The number of alkyl halides is 1. The van der Waals surface area contributed by atoms with E-state index in [2.05, 4.69) is 27.6 Å². The Balaban J connectivity index is 1.56. The van der Waals surface area contributed by atoms with E-state index in [9.17, 15) is 9.18 Å². The summed E-state index contributed by atoms with van der Waals surface area (Å²) >= 11 is 1.28. The van der Waals surface area contributed by atoms with Crippen molar-refractivity contribution in [1.29, 1.82) is 0 Å². The third-order valence-corrected chi connectivity index (χ3v) is 5.58. The van der Waals surface area contributed by atoms with Crippen molar-refractivity contribution in [3.63, 3.8) is 0 Å². The Morgan fingerprint density at radius 2 is 2.33 bits per heavy atom. The summed E-state index contributed by atoms with van der Waals surface area (Å²) in [5.41, 5.74) is 3.93. The Hall–Kier alpha value is -2.21. The molecule has 1 saturated carbocycles. The van der Waals surface area contributed by atoms with Crippen LogP contribution in [0.2, 0.25) is 0 Å². The summed E-state index contributed by atoms with van der Waals surface area (Å²) in [7, 11) is 0. The fraction of sp³-hybridized carbons (Fsp3) is 0.333. The van der Waals surface area contributed by atoms with Gasteiger partial charge in [-0.2, -0.15) is 5.10 Å². The van der Waals surface area contributed by atoms with Crippen molar-refractivity contribution in [2.24, 2.45) is 0 Å². The first-order valence-electron chi connectivity index (χ1n) is 8.09. The zero-order valence-electron chi connectivity index (χ0n) is 13.3. The fourth-order valence-corrected chi connectivity index (χ4v) is 3.84. The molecule has 1 amide bonds. The highest BCUT2D eigenvalue weighted by Gasteiger charge is 2.27. The lowest BCUT2D eigenvalue weighted by Gasteiger charge is -2.11. The van der Waals surface area contributed by atoms with Gasteiger partial charge < -0.3 is 5.32 Å². The number of nitrogens with zero attached hydrogens (tertiary/aromatic N) is 1. The maximum Gasteiger partial charge on any atom is 0.252 e. The monoisotopic (exact) mass is 343 g/mol. The van der Waals surface area contributed by atoms with Gasteiger partial charge in [-0.25, -0.2) is 4.39 Å². The molecule has 1 atom stereocenters. The Morgan fingerprint density at radius 3 is 3.04 bits per heavy atom. The van der Waals surface area contributed by atoms with Crippen LogP contribution in [0.25, 0.3) is 10.9 Å². The summed E-state index contributed by atoms with van der Waals surface area (Å²) in [4.78, 5) is 13.0. The zero-order valence-corrected chi connectivity index (χ0v) is 14.1. The number of thiophene rings is 1. The highest BCUT2D eigenvalue weighted by Crippen LogP contribution is 2.43. The van der Waals surface area contributed by atoms with Gasteiger partial charge in [0.15, 0.2) is 0 Å². The van der Waals surface area contributed by atoms with Crippen LogP contribution in [0.1, 0.15) is 58.2 Å². The summed E-state index contributed by atoms with van der Waals surface area (Å²) in [5, 5.41) is 12.8. The molecule has 0 bridgehead atoms. The van der Waals surface area contributed by atoms with Gasteiger partial charge in [-0.05, 0) is 48.9 Å². The van der Waals surface area contributed by atoms with Crippen molar-refractivity contribution in [2.75, 3.05) is 0 Å². The molecular formula is C18H18FN3OS. The smallest absolute Gasteiger partial charge is 0.252 e. The van der Waals surface area contributed by atoms with Crippen molar-refractivity contribution >= 4 is 28.1 Å². The number of hydrogen-bond donors (Lipinski definition) is 2. The van der Waals surface area contributed by atoms with E-state index >= 15 is 0 Å². The van der Waals surface area contributed by atoms with E-state index in [1.165, 1.54) is 36.7 Å². The SMILES string of the molecule is CC(F)c1cc(C(=O)NCc2c(C3CC3)ccc3[nH]ncc23)cs1. The fourth-order valence-electron chi connectivity index (χ4n) is 3.02. The minimum absolute atomic E-state index is 0.166. The summed E-state index contributed by atoms with van der Waals surface area (Å²) in [5.74, 6) is 0.428. The number of rotatable bonds is 5. The molecule has 0 aliphatic heterocycles. The number of H-pyrrole nitrogens is 1. The molecule has 4 nitrogen and oxygen atoms in total. The molecule has 2 N–H and O–H groups in total. The quantitative estimate of drug-likeness (QED) is 0.718. The second kappa shape index (κ2) is 6.02. The number of carbonyl (C=O) groups is 1. The van der Waals surface area contributed by atoms with Gasteiger partial charge in [-0.1, -0.05) is 6.07 Å². The Morgan fingerprint density at radius 1 is 1.50 bits per heavy atom. The largest absolute Gasteiger partial charge is 0.348 e. The number of amides is 1. The average Bonchev–Trinajstić information content (AvgIpc) is 3.10. The highest BCUT2D eigenvalue weighted by atomic mass is 32.1. The number of hydrogen-bond acceptors (Lipinski definition) is 3. The van der Waals surface area contributed by atoms with Gasteiger partial charge in [0.2, 0.25) is 0 Å². The normalized spacial score (nSPS) is 15.6. The lowest BCUT2D eigenvalue weighted by molar-refractivity contribution is 0.0951. The van der Waals surface area contributed by atoms with Crippen molar-refractivity contribution in [1.82, 2.24) is 15.5 Å². The number of benzene rings is 1. The second-order valence-corrected chi connectivity index (χ2v) is 7.22. The van der Waals surface area contributed by atoms with E-state index in [-0.39, 0.29) is 5.91 Å². The third-order valence-electron chi connectivity index (χ3n) is 4.49. The van der Waals surface area contributed by atoms with Gasteiger partial charge in [0, 0.05) is 22.2 Å². The Bertz CT molecular complexity index is 895. The molecule has 4 rings (SSSR count). The number of carbonyl (C=O) groups excluding carboxylic acids is 1.